The Bertz CT molecular complexity index is 764. The number of nitrogens with zero attached hydrogens (tertiary/aromatic N) is 1. The van der Waals surface area contributed by atoms with Gasteiger partial charge in [-0.05, 0) is 43.3 Å². The molecule has 138 valence electrons. The quantitative estimate of drug-likeness (QED) is 0.739. The zero-order chi connectivity index (χ0) is 18.9. The average molecular weight is 374 g/mol. The molecule has 26 heavy (non-hydrogen) atoms. The van der Waals surface area contributed by atoms with Crippen LogP contribution >= 0.6 is 11.6 Å². The average Bonchev–Trinajstić information content (AvgIpc) is 2.60. The summed E-state index contributed by atoms with van der Waals surface area (Å²) in [6.07, 6.45) is 1.15. The highest BCUT2D eigenvalue weighted by atomic mass is 35.5. The predicted octanol–water partition coefficient (Wildman–Crippen LogP) is 3.80. The summed E-state index contributed by atoms with van der Waals surface area (Å²) in [7, 11) is 1.82. The number of benzene rings is 2. The molecule has 0 aliphatic rings. The molecule has 2 rings (SSSR count). The van der Waals surface area contributed by atoms with Gasteiger partial charge in [-0.25, -0.2) is 0 Å². The first-order valence-electron chi connectivity index (χ1n) is 8.59. The number of likely N-dealkylation sites (N-methyl/N-ethyl adjacent to an activating group) is 1. The number of rotatable bonds is 8. The fraction of sp³-hybridized carbons (Fsp3) is 0.300. The Hall–Kier alpha value is -2.37. The van der Waals surface area contributed by atoms with Crippen LogP contribution in [0.25, 0.3) is 0 Å². The van der Waals surface area contributed by atoms with Crippen LogP contribution in [0, 0.1) is 0 Å². The van der Waals surface area contributed by atoms with E-state index < -0.39 is 0 Å². The molecule has 0 bridgehead atoms. The van der Waals surface area contributed by atoms with Crippen molar-refractivity contribution in [2.75, 3.05) is 30.8 Å². The number of halogens is 1. The number of para-hydroxylation sites is 1. The molecule has 0 saturated heterocycles. The maximum absolute atomic E-state index is 12.2. The molecule has 2 amide bonds. The molecule has 0 unspecified atom stereocenters. The summed E-state index contributed by atoms with van der Waals surface area (Å²) in [4.78, 5) is 26.0. The van der Waals surface area contributed by atoms with Gasteiger partial charge in [0.2, 0.25) is 11.8 Å². The molecule has 2 N–H and O–H groups in total. The van der Waals surface area contributed by atoms with Crippen LogP contribution in [0.1, 0.15) is 18.9 Å². The summed E-state index contributed by atoms with van der Waals surface area (Å²) in [5.74, 6) is -0.209. The van der Waals surface area contributed by atoms with Crippen molar-refractivity contribution in [1.82, 2.24) is 4.90 Å². The van der Waals surface area contributed by atoms with Gasteiger partial charge in [0.1, 0.15) is 0 Å². The smallest absolute Gasteiger partial charge is 0.238 e. The molecule has 2 aromatic carbocycles. The van der Waals surface area contributed by atoms with Crippen molar-refractivity contribution in [1.29, 1.82) is 0 Å². The molecule has 0 radical (unpaired) electrons. The van der Waals surface area contributed by atoms with E-state index >= 15 is 0 Å². The molecular formula is C20H24ClN3O2. The van der Waals surface area contributed by atoms with Crippen LogP contribution in [-0.4, -0.2) is 36.9 Å². The molecule has 5 nitrogen and oxygen atoms in total. The van der Waals surface area contributed by atoms with Gasteiger partial charge in [0.25, 0.3) is 0 Å². The largest absolute Gasteiger partial charge is 0.326 e. The van der Waals surface area contributed by atoms with Gasteiger partial charge in [-0.1, -0.05) is 42.8 Å². The molecule has 0 aliphatic carbocycles. The first kappa shape index (κ1) is 19.9. The Morgan fingerprint density at radius 2 is 1.81 bits per heavy atom. The lowest BCUT2D eigenvalue weighted by Gasteiger charge is -2.17. The van der Waals surface area contributed by atoms with E-state index in [0.717, 1.165) is 17.7 Å². The zero-order valence-electron chi connectivity index (χ0n) is 15.1. The molecule has 0 fully saturated rings. The maximum atomic E-state index is 12.2. The van der Waals surface area contributed by atoms with Crippen molar-refractivity contribution in [3.63, 3.8) is 0 Å². The fourth-order valence-electron chi connectivity index (χ4n) is 2.55. The summed E-state index contributed by atoms with van der Waals surface area (Å²) in [5.41, 5.74) is 2.61. The Kier molecular flexibility index (Phi) is 7.63. The standard InChI is InChI=1S/C20H24ClN3O2/c1-3-15-7-4-5-10-18(15)23-20(26)14-24(2)12-11-19(25)22-17-9-6-8-16(21)13-17/h4-10,13H,3,11-12,14H2,1-2H3,(H,22,25)(H,23,26). The van der Waals surface area contributed by atoms with Crippen molar-refractivity contribution >= 4 is 34.8 Å². The van der Waals surface area contributed by atoms with Crippen molar-refractivity contribution in [2.45, 2.75) is 19.8 Å². The van der Waals surface area contributed by atoms with Crippen LogP contribution in [0.2, 0.25) is 5.02 Å². The first-order valence-corrected chi connectivity index (χ1v) is 8.97. The van der Waals surface area contributed by atoms with Gasteiger partial charge >= 0.3 is 0 Å². The van der Waals surface area contributed by atoms with E-state index in [-0.39, 0.29) is 18.4 Å². The maximum Gasteiger partial charge on any atom is 0.238 e. The minimum absolute atomic E-state index is 0.0938. The monoisotopic (exact) mass is 373 g/mol. The number of nitrogens with one attached hydrogen (secondary N) is 2. The zero-order valence-corrected chi connectivity index (χ0v) is 15.8. The van der Waals surface area contributed by atoms with Crippen molar-refractivity contribution in [3.05, 3.63) is 59.1 Å². The molecule has 0 saturated carbocycles. The van der Waals surface area contributed by atoms with Crippen LogP contribution in [0.3, 0.4) is 0 Å². The van der Waals surface area contributed by atoms with Crippen LogP contribution < -0.4 is 10.6 Å². The van der Waals surface area contributed by atoms with E-state index in [1.807, 2.05) is 36.2 Å². The highest BCUT2D eigenvalue weighted by Crippen LogP contribution is 2.16. The number of amides is 2. The summed E-state index contributed by atoms with van der Waals surface area (Å²) < 4.78 is 0. The van der Waals surface area contributed by atoms with Gasteiger partial charge in [-0.15, -0.1) is 0 Å². The molecule has 6 heteroatoms. The van der Waals surface area contributed by atoms with Gasteiger partial charge in [0, 0.05) is 29.4 Å². The third kappa shape index (κ3) is 6.50. The van der Waals surface area contributed by atoms with Crippen LogP contribution in [0.5, 0.6) is 0 Å². The lowest BCUT2D eigenvalue weighted by Crippen LogP contribution is -2.32. The minimum atomic E-state index is -0.115. The van der Waals surface area contributed by atoms with Gasteiger partial charge in [-0.3, -0.25) is 14.5 Å². The number of carbonyl (C=O) groups excluding carboxylic acids is 2. The van der Waals surface area contributed by atoms with Crippen LogP contribution in [0.15, 0.2) is 48.5 Å². The summed E-state index contributed by atoms with van der Waals surface area (Å²) in [5, 5.41) is 6.30. The highest BCUT2D eigenvalue weighted by Gasteiger charge is 2.11. The Morgan fingerprint density at radius 1 is 1.04 bits per heavy atom. The van der Waals surface area contributed by atoms with Gasteiger partial charge in [0.05, 0.1) is 6.54 Å². The summed E-state index contributed by atoms with van der Waals surface area (Å²) >= 11 is 5.90. The van der Waals surface area contributed by atoms with Crippen LogP contribution in [-0.2, 0) is 16.0 Å². The number of aryl methyl sites for hydroxylation is 1. The predicted molar refractivity (Wildman–Crippen MR) is 107 cm³/mol. The molecule has 0 heterocycles. The van der Waals surface area contributed by atoms with Crippen LogP contribution in [0.4, 0.5) is 11.4 Å². The Morgan fingerprint density at radius 3 is 2.54 bits per heavy atom. The molecule has 0 aliphatic heterocycles. The minimum Gasteiger partial charge on any atom is -0.326 e. The van der Waals surface area contributed by atoms with E-state index in [9.17, 15) is 9.59 Å². The molecule has 0 aromatic heterocycles. The summed E-state index contributed by atoms with van der Waals surface area (Å²) in [6.45, 7) is 2.76. The van der Waals surface area contributed by atoms with E-state index in [2.05, 4.69) is 17.6 Å². The molecule has 2 aromatic rings. The SMILES string of the molecule is CCc1ccccc1NC(=O)CN(C)CCC(=O)Nc1cccc(Cl)c1. The number of carbonyl (C=O) groups is 2. The molecular weight excluding hydrogens is 350 g/mol. The summed E-state index contributed by atoms with van der Waals surface area (Å²) in [6, 6.07) is 14.8. The van der Waals surface area contributed by atoms with E-state index in [4.69, 9.17) is 11.6 Å². The second-order valence-corrected chi connectivity index (χ2v) is 6.54. The van der Waals surface area contributed by atoms with Crippen molar-refractivity contribution < 1.29 is 9.59 Å². The van der Waals surface area contributed by atoms with E-state index in [1.165, 1.54) is 0 Å². The topological polar surface area (TPSA) is 61.4 Å². The lowest BCUT2D eigenvalue weighted by atomic mass is 10.1. The molecule has 0 spiro atoms. The Balaban J connectivity index is 1.76. The number of hydrogen-bond acceptors (Lipinski definition) is 3. The van der Waals surface area contributed by atoms with E-state index in [1.54, 1.807) is 24.3 Å². The van der Waals surface area contributed by atoms with Crippen molar-refractivity contribution in [2.24, 2.45) is 0 Å². The third-order valence-corrected chi connectivity index (χ3v) is 4.15. The molecule has 0 atom stereocenters. The van der Waals surface area contributed by atoms with E-state index in [0.29, 0.717) is 23.7 Å². The Labute approximate surface area is 159 Å². The lowest BCUT2D eigenvalue weighted by molar-refractivity contribution is -0.119. The fourth-order valence-corrected chi connectivity index (χ4v) is 2.74. The number of anilines is 2. The second kappa shape index (κ2) is 9.94. The van der Waals surface area contributed by atoms with Gasteiger partial charge < -0.3 is 10.6 Å². The van der Waals surface area contributed by atoms with Gasteiger partial charge in [0.15, 0.2) is 0 Å². The highest BCUT2D eigenvalue weighted by molar-refractivity contribution is 6.30. The first-order chi connectivity index (χ1) is 12.5. The third-order valence-electron chi connectivity index (χ3n) is 3.91. The van der Waals surface area contributed by atoms with Gasteiger partial charge in [-0.2, -0.15) is 0 Å². The normalized spacial score (nSPS) is 10.6. The second-order valence-electron chi connectivity index (χ2n) is 6.11. The van der Waals surface area contributed by atoms with Crippen molar-refractivity contribution in [3.8, 4) is 0 Å². The number of hydrogen-bond donors (Lipinski definition) is 2.